The average Bonchev–Trinajstić information content (AvgIpc) is 2.39. The highest BCUT2D eigenvalue weighted by atomic mass is 16.5. The van der Waals surface area contributed by atoms with Crippen molar-refractivity contribution in [3.05, 3.63) is 18.3 Å². The number of hydrogen-bond donors (Lipinski definition) is 1. The van der Waals surface area contributed by atoms with Crippen LogP contribution in [0.3, 0.4) is 0 Å². The van der Waals surface area contributed by atoms with E-state index in [4.69, 9.17) is 10.5 Å². The number of ether oxygens (including phenoxy) is 1. The van der Waals surface area contributed by atoms with Gasteiger partial charge in [0.1, 0.15) is 11.6 Å². The van der Waals surface area contributed by atoms with Gasteiger partial charge in [-0.15, -0.1) is 0 Å². The van der Waals surface area contributed by atoms with Crippen molar-refractivity contribution < 1.29 is 4.74 Å². The molecule has 1 aromatic heterocycles. The first kappa shape index (κ1) is 12.2. The maximum atomic E-state index is 5.86. The Kier molecular flexibility index (Phi) is 3.84. The first-order valence-electron chi connectivity index (χ1n) is 6.21. The molecule has 2 N–H and O–H groups in total. The van der Waals surface area contributed by atoms with E-state index in [1.54, 1.807) is 13.3 Å². The van der Waals surface area contributed by atoms with Gasteiger partial charge in [-0.25, -0.2) is 4.98 Å². The molecule has 0 saturated carbocycles. The van der Waals surface area contributed by atoms with Crippen molar-refractivity contribution in [1.29, 1.82) is 0 Å². The van der Waals surface area contributed by atoms with E-state index in [0.717, 1.165) is 30.5 Å². The monoisotopic (exact) mass is 235 g/mol. The third-order valence-electron chi connectivity index (χ3n) is 3.50. The van der Waals surface area contributed by atoms with Crippen molar-refractivity contribution in [2.24, 2.45) is 11.7 Å². The van der Waals surface area contributed by atoms with Crippen molar-refractivity contribution in [2.45, 2.75) is 25.8 Å². The zero-order valence-electron chi connectivity index (χ0n) is 10.6. The molecule has 0 spiro atoms. The molecule has 0 radical (unpaired) electrons. The SMILES string of the molecule is COc1ccc(N2CCC(C)CC2CN)nc1. The highest BCUT2D eigenvalue weighted by Crippen LogP contribution is 2.26. The van der Waals surface area contributed by atoms with Gasteiger partial charge >= 0.3 is 0 Å². The van der Waals surface area contributed by atoms with Crippen LogP contribution in [0.4, 0.5) is 5.82 Å². The van der Waals surface area contributed by atoms with Gasteiger partial charge in [0.2, 0.25) is 0 Å². The van der Waals surface area contributed by atoms with Gasteiger partial charge in [0.15, 0.2) is 0 Å². The molecule has 2 rings (SSSR count). The molecule has 17 heavy (non-hydrogen) atoms. The van der Waals surface area contributed by atoms with E-state index in [1.807, 2.05) is 12.1 Å². The van der Waals surface area contributed by atoms with Crippen LogP contribution in [0.2, 0.25) is 0 Å². The minimum Gasteiger partial charge on any atom is -0.495 e. The third-order valence-corrected chi connectivity index (χ3v) is 3.50. The van der Waals surface area contributed by atoms with Gasteiger partial charge in [0.25, 0.3) is 0 Å². The lowest BCUT2D eigenvalue weighted by Crippen LogP contribution is -2.46. The summed E-state index contributed by atoms with van der Waals surface area (Å²) in [5.74, 6) is 2.56. The first-order chi connectivity index (χ1) is 8.24. The molecule has 1 aliphatic heterocycles. The molecular weight excluding hydrogens is 214 g/mol. The van der Waals surface area contributed by atoms with Gasteiger partial charge < -0.3 is 15.4 Å². The summed E-state index contributed by atoms with van der Waals surface area (Å²) in [6, 6.07) is 4.38. The Bertz CT molecular complexity index is 352. The van der Waals surface area contributed by atoms with Crippen LogP contribution in [0.5, 0.6) is 5.75 Å². The smallest absolute Gasteiger partial charge is 0.137 e. The number of nitrogens with two attached hydrogens (primary N) is 1. The number of hydrogen-bond acceptors (Lipinski definition) is 4. The maximum Gasteiger partial charge on any atom is 0.137 e. The summed E-state index contributed by atoms with van der Waals surface area (Å²) < 4.78 is 5.12. The van der Waals surface area contributed by atoms with Crippen LogP contribution in [0.25, 0.3) is 0 Å². The van der Waals surface area contributed by atoms with Crippen LogP contribution < -0.4 is 15.4 Å². The molecule has 4 nitrogen and oxygen atoms in total. The number of aromatic nitrogens is 1. The largest absolute Gasteiger partial charge is 0.495 e. The van der Waals surface area contributed by atoms with Crippen molar-refractivity contribution in [2.75, 3.05) is 25.1 Å². The summed E-state index contributed by atoms with van der Waals surface area (Å²) >= 11 is 0. The molecule has 0 bridgehead atoms. The fraction of sp³-hybridized carbons (Fsp3) is 0.615. The Labute approximate surface area is 103 Å². The van der Waals surface area contributed by atoms with E-state index in [0.29, 0.717) is 12.6 Å². The second-order valence-corrected chi connectivity index (χ2v) is 4.77. The molecule has 1 saturated heterocycles. The lowest BCUT2D eigenvalue weighted by molar-refractivity contribution is 0.364. The Morgan fingerprint density at radius 1 is 1.53 bits per heavy atom. The van der Waals surface area contributed by atoms with E-state index < -0.39 is 0 Å². The lowest BCUT2D eigenvalue weighted by Gasteiger charge is -2.38. The van der Waals surface area contributed by atoms with Crippen molar-refractivity contribution in [3.63, 3.8) is 0 Å². The zero-order chi connectivity index (χ0) is 12.3. The van der Waals surface area contributed by atoms with E-state index in [2.05, 4.69) is 16.8 Å². The average molecular weight is 235 g/mol. The van der Waals surface area contributed by atoms with Gasteiger partial charge in [0, 0.05) is 19.1 Å². The van der Waals surface area contributed by atoms with Gasteiger partial charge in [-0.3, -0.25) is 0 Å². The van der Waals surface area contributed by atoms with E-state index in [-0.39, 0.29) is 0 Å². The molecule has 1 aliphatic rings. The van der Waals surface area contributed by atoms with E-state index in [1.165, 1.54) is 6.42 Å². The molecule has 94 valence electrons. The van der Waals surface area contributed by atoms with Gasteiger partial charge in [0.05, 0.1) is 13.3 Å². The second-order valence-electron chi connectivity index (χ2n) is 4.77. The van der Waals surface area contributed by atoms with Crippen molar-refractivity contribution in [3.8, 4) is 5.75 Å². The molecule has 0 amide bonds. The molecule has 4 heteroatoms. The normalized spacial score (nSPS) is 24.8. The number of methoxy groups -OCH3 is 1. The van der Waals surface area contributed by atoms with Gasteiger partial charge in [-0.05, 0) is 30.9 Å². The number of pyridine rings is 1. The molecule has 2 atom stereocenters. The molecule has 2 unspecified atom stereocenters. The quantitative estimate of drug-likeness (QED) is 0.865. The fourth-order valence-corrected chi connectivity index (χ4v) is 2.44. The number of anilines is 1. The number of rotatable bonds is 3. The molecule has 0 aliphatic carbocycles. The minimum atomic E-state index is 0.416. The number of piperidine rings is 1. The maximum absolute atomic E-state index is 5.86. The van der Waals surface area contributed by atoms with Crippen LogP contribution in [-0.2, 0) is 0 Å². The Morgan fingerprint density at radius 3 is 2.94 bits per heavy atom. The van der Waals surface area contributed by atoms with Crippen LogP contribution in [0.15, 0.2) is 18.3 Å². The molecule has 0 aromatic carbocycles. The van der Waals surface area contributed by atoms with Crippen LogP contribution >= 0.6 is 0 Å². The van der Waals surface area contributed by atoms with Crippen LogP contribution in [-0.4, -0.2) is 31.2 Å². The van der Waals surface area contributed by atoms with Gasteiger partial charge in [-0.1, -0.05) is 6.92 Å². The van der Waals surface area contributed by atoms with Crippen molar-refractivity contribution in [1.82, 2.24) is 4.98 Å². The molecular formula is C13H21N3O. The summed E-state index contributed by atoms with van der Waals surface area (Å²) in [4.78, 5) is 6.76. The lowest BCUT2D eigenvalue weighted by atomic mass is 9.92. The van der Waals surface area contributed by atoms with Crippen molar-refractivity contribution >= 4 is 5.82 Å². The molecule has 1 aromatic rings. The standard InChI is InChI=1S/C13H21N3O/c1-10-5-6-16(11(7-10)8-14)13-4-3-12(17-2)9-15-13/h3-4,9-11H,5-8,14H2,1-2H3. The minimum absolute atomic E-state index is 0.416. The first-order valence-corrected chi connectivity index (χ1v) is 6.21. The van der Waals surface area contributed by atoms with Crippen LogP contribution in [0, 0.1) is 5.92 Å². The molecule has 1 fully saturated rings. The highest BCUT2D eigenvalue weighted by Gasteiger charge is 2.26. The predicted molar refractivity (Wildman–Crippen MR) is 69.4 cm³/mol. The third kappa shape index (κ3) is 2.69. The highest BCUT2D eigenvalue weighted by molar-refractivity contribution is 5.42. The summed E-state index contributed by atoms with van der Waals surface area (Å²) in [5.41, 5.74) is 5.86. The zero-order valence-corrected chi connectivity index (χ0v) is 10.6. The van der Waals surface area contributed by atoms with Crippen LogP contribution in [0.1, 0.15) is 19.8 Å². The summed E-state index contributed by atoms with van der Waals surface area (Å²) in [7, 11) is 1.65. The molecule has 2 heterocycles. The van der Waals surface area contributed by atoms with Gasteiger partial charge in [-0.2, -0.15) is 0 Å². The summed E-state index contributed by atoms with van der Waals surface area (Å²) in [6.07, 6.45) is 4.13. The topological polar surface area (TPSA) is 51.4 Å². The Balaban J connectivity index is 2.13. The number of nitrogens with zero attached hydrogens (tertiary/aromatic N) is 2. The summed E-state index contributed by atoms with van der Waals surface area (Å²) in [6.45, 7) is 4.03. The Hall–Kier alpha value is -1.29. The van der Waals surface area contributed by atoms with E-state index in [9.17, 15) is 0 Å². The fourth-order valence-electron chi connectivity index (χ4n) is 2.44. The predicted octanol–water partition coefficient (Wildman–Crippen LogP) is 1.65. The van der Waals surface area contributed by atoms with E-state index >= 15 is 0 Å². The summed E-state index contributed by atoms with van der Waals surface area (Å²) in [5, 5.41) is 0. The second kappa shape index (κ2) is 5.36. The Morgan fingerprint density at radius 2 is 2.35 bits per heavy atom.